The third-order valence-corrected chi connectivity index (χ3v) is 4.19. The minimum Gasteiger partial charge on any atom is -0.506 e. The highest BCUT2D eigenvalue weighted by Crippen LogP contribution is 2.26. The lowest BCUT2D eigenvalue weighted by Crippen LogP contribution is -2.36. The summed E-state index contributed by atoms with van der Waals surface area (Å²) >= 11 is 5.85. The zero-order valence-electron chi connectivity index (χ0n) is 11.2. The monoisotopic (exact) mass is 281 g/mol. The maximum atomic E-state index is 12.4. The van der Waals surface area contributed by atoms with Crippen molar-refractivity contribution in [3.05, 3.63) is 28.8 Å². The Kier molecular flexibility index (Phi) is 4.70. The summed E-state index contributed by atoms with van der Waals surface area (Å²) in [5, 5.41) is 9.62. The van der Waals surface area contributed by atoms with E-state index in [4.69, 9.17) is 11.6 Å². The van der Waals surface area contributed by atoms with Gasteiger partial charge in [-0.1, -0.05) is 37.3 Å². The standard InChI is InChI=1S/C15H20ClNO2/c1-17(12-6-4-2-3-5-7-12)15(19)11-8-9-14(18)13(16)10-11/h8-10,12,18H,2-7H2,1H3. The summed E-state index contributed by atoms with van der Waals surface area (Å²) < 4.78 is 0. The minimum absolute atomic E-state index is 0.00957. The number of amides is 1. The molecule has 1 N–H and O–H groups in total. The smallest absolute Gasteiger partial charge is 0.253 e. The Morgan fingerprint density at radius 3 is 2.47 bits per heavy atom. The fourth-order valence-corrected chi connectivity index (χ4v) is 2.84. The fraction of sp³-hybridized carbons (Fsp3) is 0.533. The summed E-state index contributed by atoms with van der Waals surface area (Å²) in [7, 11) is 1.86. The Hall–Kier alpha value is -1.22. The molecule has 0 unspecified atom stereocenters. The van der Waals surface area contributed by atoms with Gasteiger partial charge in [0, 0.05) is 18.7 Å². The first-order valence-electron chi connectivity index (χ1n) is 6.85. The number of aromatic hydroxyl groups is 1. The molecule has 1 aliphatic rings. The molecule has 1 fully saturated rings. The van der Waals surface area contributed by atoms with Crippen molar-refractivity contribution in [3.63, 3.8) is 0 Å². The van der Waals surface area contributed by atoms with Gasteiger partial charge in [0.15, 0.2) is 0 Å². The van der Waals surface area contributed by atoms with E-state index in [1.807, 2.05) is 11.9 Å². The number of phenols is 1. The molecule has 1 saturated carbocycles. The third-order valence-electron chi connectivity index (χ3n) is 3.89. The molecular formula is C15H20ClNO2. The van der Waals surface area contributed by atoms with Crippen molar-refractivity contribution < 1.29 is 9.90 Å². The number of hydrogen-bond acceptors (Lipinski definition) is 2. The van der Waals surface area contributed by atoms with Crippen molar-refractivity contribution in [2.75, 3.05) is 7.05 Å². The lowest BCUT2D eigenvalue weighted by molar-refractivity contribution is 0.0717. The lowest BCUT2D eigenvalue weighted by Gasteiger charge is -2.27. The van der Waals surface area contributed by atoms with Gasteiger partial charge in [0.05, 0.1) is 5.02 Å². The van der Waals surface area contributed by atoms with E-state index in [2.05, 4.69) is 0 Å². The van der Waals surface area contributed by atoms with Gasteiger partial charge in [-0.15, -0.1) is 0 Å². The molecule has 0 radical (unpaired) electrons. The van der Waals surface area contributed by atoms with Gasteiger partial charge in [0.25, 0.3) is 5.91 Å². The van der Waals surface area contributed by atoms with Crippen LogP contribution in [0, 0.1) is 0 Å². The van der Waals surface area contributed by atoms with E-state index in [-0.39, 0.29) is 16.7 Å². The van der Waals surface area contributed by atoms with Gasteiger partial charge < -0.3 is 10.0 Å². The van der Waals surface area contributed by atoms with E-state index < -0.39 is 0 Å². The van der Waals surface area contributed by atoms with E-state index in [0.29, 0.717) is 11.6 Å². The second-order valence-corrected chi connectivity index (χ2v) is 5.63. The first-order chi connectivity index (χ1) is 9.09. The maximum Gasteiger partial charge on any atom is 0.253 e. The Labute approximate surface area is 119 Å². The van der Waals surface area contributed by atoms with Crippen LogP contribution in [0.3, 0.4) is 0 Å². The number of phenolic OH excluding ortho intramolecular Hbond substituents is 1. The molecule has 1 amide bonds. The van der Waals surface area contributed by atoms with E-state index in [1.165, 1.54) is 37.8 Å². The summed E-state index contributed by atoms with van der Waals surface area (Å²) in [5.74, 6) is -0.0101. The quantitative estimate of drug-likeness (QED) is 0.837. The molecule has 3 nitrogen and oxygen atoms in total. The molecule has 0 saturated heterocycles. The molecule has 0 aromatic heterocycles. The highest BCUT2D eigenvalue weighted by molar-refractivity contribution is 6.32. The summed E-state index contributed by atoms with van der Waals surface area (Å²) in [6.07, 6.45) is 7.08. The van der Waals surface area contributed by atoms with Gasteiger partial charge in [0.1, 0.15) is 5.75 Å². The molecule has 0 spiro atoms. The van der Waals surface area contributed by atoms with Gasteiger partial charge in [-0.25, -0.2) is 0 Å². The van der Waals surface area contributed by atoms with Gasteiger partial charge in [-0.05, 0) is 31.0 Å². The van der Waals surface area contributed by atoms with Crippen LogP contribution in [-0.4, -0.2) is 29.0 Å². The van der Waals surface area contributed by atoms with E-state index in [0.717, 1.165) is 12.8 Å². The molecular weight excluding hydrogens is 262 g/mol. The molecule has 4 heteroatoms. The van der Waals surface area contributed by atoms with Crippen LogP contribution in [0.4, 0.5) is 0 Å². The minimum atomic E-state index is -0.0196. The average molecular weight is 282 g/mol. The number of carbonyl (C=O) groups excluding carboxylic acids is 1. The van der Waals surface area contributed by atoms with Crippen LogP contribution < -0.4 is 0 Å². The average Bonchev–Trinajstić information content (AvgIpc) is 2.69. The summed E-state index contributed by atoms with van der Waals surface area (Å²) in [6.45, 7) is 0. The van der Waals surface area contributed by atoms with Crippen molar-refractivity contribution in [2.45, 2.75) is 44.6 Å². The van der Waals surface area contributed by atoms with Crippen LogP contribution in [0.25, 0.3) is 0 Å². The highest BCUT2D eigenvalue weighted by atomic mass is 35.5. The third kappa shape index (κ3) is 3.41. The number of hydrogen-bond donors (Lipinski definition) is 1. The molecule has 0 bridgehead atoms. The second-order valence-electron chi connectivity index (χ2n) is 5.23. The SMILES string of the molecule is CN(C(=O)c1ccc(O)c(Cl)c1)C1CCCCCC1. The number of halogens is 1. The zero-order valence-corrected chi connectivity index (χ0v) is 12.0. The van der Waals surface area contributed by atoms with E-state index in [1.54, 1.807) is 6.07 Å². The van der Waals surface area contributed by atoms with Gasteiger partial charge in [0.2, 0.25) is 0 Å². The van der Waals surface area contributed by atoms with Crippen molar-refractivity contribution in [1.82, 2.24) is 4.90 Å². The highest BCUT2D eigenvalue weighted by Gasteiger charge is 2.22. The fourth-order valence-electron chi connectivity index (χ4n) is 2.65. The number of benzene rings is 1. The molecule has 0 atom stereocenters. The van der Waals surface area contributed by atoms with Gasteiger partial charge in [-0.3, -0.25) is 4.79 Å². The largest absolute Gasteiger partial charge is 0.506 e. The molecule has 2 rings (SSSR count). The first-order valence-corrected chi connectivity index (χ1v) is 7.23. The van der Waals surface area contributed by atoms with Crippen molar-refractivity contribution in [1.29, 1.82) is 0 Å². The Morgan fingerprint density at radius 1 is 1.26 bits per heavy atom. The zero-order chi connectivity index (χ0) is 13.8. The van der Waals surface area contributed by atoms with Crippen LogP contribution >= 0.6 is 11.6 Å². The van der Waals surface area contributed by atoms with Crippen molar-refractivity contribution >= 4 is 17.5 Å². The number of carbonyl (C=O) groups is 1. The van der Waals surface area contributed by atoms with Gasteiger partial charge >= 0.3 is 0 Å². The Bertz CT molecular complexity index is 453. The maximum absolute atomic E-state index is 12.4. The summed E-state index contributed by atoms with van der Waals surface area (Å²) in [6, 6.07) is 4.95. The summed E-state index contributed by atoms with van der Waals surface area (Å²) in [5.41, 5.74) is 0.537. The first kappa shape index (κ1) is 14.2. The predicted molar refractivity (Wildman–Crippen MR) is 76.7 cm³/mol. The molecule has 1 aliphatic carbocycles. The number of rotatable bonds is 2. The van der Waals surface area contributed by atoms with Crippen LogP contribution in [0.15, 0.2) is 18.2 Å². The van der Waals surface area contributed by atoms with Crippen LogP contribution in [0.2, 0.25) is 5.02 Å². The number of nitrogens with zero attached hydrogens (tertiary/aromatic N) is 1. The molecule has 0 aliphatic heterocycles. The summed E-state index contributed by atoms with van der Waals surface area (Å²) in [4.78, 5) is 14.2. The lowest BCUT2D eigenvalue weighted by atomic mass is 10.1. The Morgan fingerprint density at radius 2 is 1.89 bits per heavy atom. The molecule has 104 valence electrons. The van der Waals surface area contributed by atoms with Crippen molar-refractivity contribution in [2.24, 2.45) is 0 Å². The molecule has 1 aromatic rings. The topological polar surface area (TPSA) is 40.5 Å². The predicted octanol–water partition coefficient (Wildman–Crippen LogP) is 3.84. The van der Waals surface area contributed by atoms with Crippen LogP contribution in [-0.2, 0) is 0 Å². The molecule has 19 heavy (non-hydrogen) atoms. The van der Waals surface area contributed by atoms with Gasteiger partial charge in [-0.2, -0.15) is 0 Å². The molecule has 0 heterocycles. The molecule has 1 aromatic carbocycles. The van der Waals surface area contributed by atoms with Crippen LogP contribution in [0.5, 0.6) is 5.75 Å². The Balaban J connectivity index is 2.10. The van der Waals surface area contributed by atoms with Crippen LogP contribution in [0.1, 0.15) is 48.9 Å². The van der Waals surface area contributed by atoms with Crippen molar-refractivity contribution in [3.8, 4) is 5.75 Å². The van der Waals surface area contributed by atoms with E-state index in [9.17, 15) is 9.90 Å². The van der Waals surface area contributed by atoms with E-state index >= 15 is 0 Å². The second kappa shape index (κ2) is 6.29. The normalized spacial score (nSPS) is 16.9.